The van der Waals surface area contributed by atoms with Gasteiger partial charge in [0.15, 0.2) is 0 Å². The fourth-order valence-electron chi connectivity index (χ4n) is 3.05. The maximum absolute atomic E-state index is 5.47. The van der Waals surface area contributed by atoms with Crippen LogP contribution in [0.1, 0.15) is 46.0 Å². The van der Waals surface area contributed by atoms with Gasteiger partial charge in [0.1, 0.15) is 0 Å². The van der Waals surface area contributed by atoms with E-state index < -0.39 is 0 Å². The van der Waals surface area contributed by atoms with E-state index in [2.05, 4.69) is 18.7 Å². The normalized spacial score (nSPS) is 31.7. The molecule has 94 valence electrons. The number of ether oxygens (including phenoxy) is 1. The Balaban J connectivity index is 1.73. The summed E-state index contributed by atoms with van der Waals surface area (Å²) in [6.45, 7) is 9.30. The second-order valence-electron chi connectivity index (χ2n) is 5.99. The van der Waals surface area contributed by atoms with Gasteiger partial charge >= 0.3 is 0 Å². The summed E-state index contributed by atoms with van der Waals surface area (Å²) in [5.41, 5.74) is 0. The van der Waals surface area contributed by atoms with E-state index >= 15 is 0 Å². The molecule has 0 radical (unpaired) electrons. The predicted octanol–water partition coefficient (Wildman–Crippen LogP) is 2.92. The molecule has 0 saturated carbocycles. The van der Waals surface area contributed by atoms with Crippen LogP contribution < -0.4 is 0 Å². The molecule has 2 fully saturated rings. The van der Waals surface area contributed by atoms with Gasteiger partial charge in [-0.3, -0.25) is 0 Å². The fraction of sp³-hybridized carbons (Fsp3) is 1.00. The zero-order valence-electron chi connectivity index (χ0n) is 11.0. The largest absolute Gasteiger partial charge is 0.381 e. The second kappa shape index (κ2) is 6.02. The van der Waals surface area contributed by atoms with Gasteiger partial charge in [-0.05, 0) is 50.5 Å². The first-order valence-electron chi connectivity index (χ1n) is 7.07. The molecule has 0 spiro atoms. The zero-order valence-corrected chi connectivity index (χ0v) is 11.0. The lowest BCUT2D eigenvalue weighted by molar-refractivity contribution is 0.158. The van der Waals surface area contributed by atoms with Crippen molar-refractivity contribution >= 4 is 0 Å². The van der Waals surface area contributed by atoms with E-state index in [0.29, 0.717) is 0 Å². The van der Waals surface area contributed by atoms with Gasteiger partial charge < -0.3 is 9.64 Å². The minimum atomic E-state index is 0.819. The molecule has 2 heterocycles. The second-order valence-corrected chi connectivity index (χ2v) is 5.99. The monoisotopic (exact) mass is 225 g/mol. The summed E-state index contributed by atoms with van der Waals surface area (Å²) >= 11 is 0. The van der Waals surface area contributed by atoms with E-state index in [9.17, 15) is 0 Å². The zero-order chi connectivity index (χ0) is 11.4. The number of nitrogens with zero attached hydrogens (tertiary/aromatic N) is 1. The first-order chi connectivity index (χ1) is 7.75. The predicted molar refractivity (Wildman–Crippen MR) is 67.6 cm³/mol. The highest BCUT2D eigenvalue weighted by Crippen LogP contribution is 2.25. The van der Waals surface area contributed by atoms with Crippen molar-refractivity contribution in [2.75, 3.05) is 26.3 Å². The first kappa shape index (κ1) is 12.4. The lowest BCUT2D eigenvalue weighted by atomic mass is 10.0. The minimum absolute atomic E-state index is 0.819. The van der Waals surface area contributed by atoms with Crippen molar-refractivity contribution in [2.24, 2.45) is 11.8 Å². The van der Waals surface area contributed by atoms with E-state index in [-0.39, 0.29) is 0 Å². The molecule has 2 nitrogen and oxygen atoms in total. The molecule has 0 aromatic rings. The summed E-state index contributed by atoms with van der Waals surface area (Å²) in [6, 6.07) is 0.878. The van der Waals surface area contributed by atoms with Gasteiger partial charge in [0.25, 0.3) is 0 Å². The van der Waals surface area contributed by atoms with E-state index in [4.69, 9.17) is 4.74 Å². The van der Waals surface area contributed by atoms with E-state index in [1.165, 1.54) is 45.2 Å². The summed E-state index contributed by atoms with van der Waals surface area (Å²) in [4.78, 5) is 2.74. The SMILES string of the molecule is CC(C)CC[C@@H]1CCCN1C[C@H]1CCOC1. The topological polar surface area (TPSA) is 12.5 Å². The lowest BCUT2D eigenvalue weighted by Crippen LogP contribution is -2.34. The smallest absolute Gasteiger partial charge is 0.0507 e. The van der Waals surface area contributed by atoms with Crippen molar-refractivity contribution in [3.05, 3.63) is 0 Å². The molecule has 0 unspecified atom stereocenters. The molecule has 0 bridgehead atoms. The van der Waals surface area contributed by atoms with Crippen molar-refractivity contribution in [3.8, 4) is 0 Å². The van der Waals surface area contributed by atoms with Gasteiger partial charge in [0.2, 0.25) is 0 Å². The standard InChI is InChI=1S/C14H27NO/c1-12(2)5-6-14-4-3-8-15(14)10-13-7-9-16-11-13/h12-14H,3-11H2,1-2H3/t13-,14+/m1/s1. The molecule has 2 aliphatic heterocycles. The molecule has 2 saturated heterocycles. The third-order valence-corrected chi connectivity index (χ3v) is 4.09. The summed E-state index contributed by atoms with van der Waals surface area (Å²) in [7, 11) is 0. The maximum atomic E-state index is 5.47. The molecule has 0 aromatic heterocycles. The van der Waals surface area contributed by atoms with Crippen molar-refractivity contribution in [1.29, 1.82) is 0 Å². The molecule has 0 aromatic carbocycles. The molecule has 0 aliphatic carbocycles. The van der Waals surface area contributed by atoms with Gasteiger partial charge in [-0.2, -0.15) is 0 Å². The van der Waals surface area contributed by atoms with Crippen LogP contribution in [0.25, 0.3) is 0 Å². The van der Waals surface area contributed by atoms with Crippen LogP contribution >= 0.6 is 0 Å². The molecule has 2 aliphatic rings. The van der Waals surface area contributed by atoms with Gasteiger partial charge in [0, 0.05) is 19.2 Å². The van der Waals surface area contributed by atoms with E-state index in [1.807, 2.05) is 0 Å². The molecule has 0 N–H and O–H groups in total. The molecule has 0 amide bonds. The molecule has 2 atom stereocenters. The van der Waals surface area contributed by atoms with Gasteiger partial charge in [0.05, 0.1) is 6.61 Å². The van der Waals surface area contributed by atoms with Crippen LogP contribution in [0.2, 0.25) is 0 Å². The van der Waals surface area contributed by atoms with Crippen LogP contribution in [0.5, 0.6) is 0 Å². The number of hydrogen-bond acceptors (Lipinski definition) is 2. The molecular weight excluding hydrogens is 198 g/mol. The third-order valence-electron chi connectivity index (χ3n) is 4.09. The first-order valence-corrected chi connectivity index (χ1v) is 7.07. The van der Waals surface area contributed by atoms with E-state index in [1.54, 1.807) is 0 Å². The van der Waals surface area contributed by atoms with Crippen LogP contribution in [0.15, 0.2) is 0 Å². The van der Waals surface area contributed by atoms with E-state index in [0.717, 1.165) is 31.1 Å². The molecule has 2 rings (SSSR count). The Kier molecular flexibility index (Phi) is 4.66. The summed E-state index contributed by atoms with van der Waals surface area (Å²) in [5, 5.41) is 0. The Hall–Kier alpha value is -0.0800. The Labute approximate surface area is 100 Å². The Bertz CT molecular complexity index is 199. The molecular formula is C14H27NO. The van der Waals surface area contributed by atoms with Gasteiger partial charge in [-0.15, -0.1) is 0 Å². The van der Waals surface area contributed by atoms with Crippen molar-refractivity contribution in [3.63, 3.8) is 0 Å². The molecule has 2 heteroatoms. The Morgan fingerprint density at radius 3 is 2.88 bits per heavy atom. The van der Waals surface area contributed by atoms with Gasteiger partial charge in [-0.25, -0.2) is 0 Å². The third kappa shape index (κ3) is 3.46. The highest BCUT2D eigenvalue weighted by Gasteiger charge is 2.27. The summed E-state index contributed by atoms with van der Waals surface area (Å²) in [5.74, 6) is 1.68. The van der Waals surface area contributed by atoms with Crippen molar-refractivity contribution < 1.29 is 4.74 Å². The Morgan fingerprint density at radius 2 is 2.19 bits per heavy atom. The van der Waals surface area contributed by atoms with Crippen molar-refractivity contribution in [2.45, 2.75) is 52.0 Å². The number of likely N-dealkylation sites (tertiary alicyclic amines) is 1. The quantitative estimate of drug-likeness (QED) is 0.713. The number of hydrogen-bond donors (Lipinski definition) is 0. The fourth-order valence-corrected chi connectivity index (χ4v) is 3.05. The van der Waals surface area contributed by atoms with Crippen LogP contribution in [-0.2, 0) is 4.74 Å². The molecule has 16 heavy (non-hydrogen) atoms. The van der Waals surface area contributed by atoms with Gasteiger partial charge in [-0.1, -0.05) is 13.8 Å². The summed E-state index contributed by atoms with van der Waals surface area (Å²) in [6.07, 6.45) is 6.93. The maximum Gasteiger partial charge on any atom is 0.0507 e. The average Bonchev–Trinajstić information content (AvgIpc) is 2.87. The van der Waals surface area contributed by atoms with Crippen LogP contribution in [0.4, 0.5) is 0 Å². The van der Waals surface area contributed by atoms with Crippen LogP contribution in [-0.4, -0.2) is 37.2 Å². The average molecular weight is 225 g/mol. The highest BCUT2D eigenvalue weighted by molar-refractivity contribution is 4.82. The van der Waals surface area contributed by atoms with Crippen LogP contribution in [0.3, 0.4) is 0 Å². The Morgan fingerprint density at radius 1 is 1.31 bits per heavy atom. The highest BCUT2D eigenvalue weighted by atomic mass is 16.5. The number of rotatable bonds is 5. The lowest BCUT2D eigenvalue weighted by Gasteiger charge is -2.27. The van der Waals surface area contributed by atoms with Crippen LogP contribution in [0, 0.1) is 11.8 Å². The van der Waals surface area contributed by atoms with Crippen molar-refractivity contribution in [1.82, 2.24) is 4.90 Å². The minimum Gasteiger partial charge on any atom is -0.381 e. The summed E-state index contributed by atoms with van der Waals surface area (Å²) < 4.78 is 5.47.